The molecule has 7 nitrogen and oxygen atoms in total. The first-order valence-electron chi connectivity index (χ1n) is 13.9. The minimum absolute atomic E-state index is 0.237. The third kappa shape index (κ3) is 5.98. The van der Waals surface area contributed by atoms with E-state index in [0.717, 1.165) is 65.7 Å². The molecule has 0 saturated carbocycles. The van der Waals surface area contributed by atoms with Gasteiger partial charge in [-0.15, -0.1) is 0 Å². The Bertz CT molecular complexity index is 1600. The highest BCUT2D eigenvalue weighted by Gasteiger charge is 2.31. The van der Waals surface area contributed by atoms with E-state index in [9.17, 15) is 4.39 Å². The highest BCUT2D eigenvalue weighted by Crippen LogP contribution is 2.39. The molecule has 0 saturated heterocycles. The number of imidazole rings is 1. The first-order chi connectivity index (χ1) is 20.1. The van der Waals surface area contributed by atoms with Crippen LogP contribution in [0.4, 0.5) is 10.3 Å². The molecule has 0 spiro atoms. The third-order valence-corrected chi connectivity index (χ3v) is 7.49. The number of methoxy groups -OCH3 is 1. The number of hydrogen-bond acceptors (Lipinski definition) is 6. The van der Waals surface area contributed by atoms with E-state index in [0.29, 0.717) is 12.5 Å². The number of anilines is 1. The highest BCUT2D eigenvalue weighted by atomic mass is 19.1. The zero-order valence-corrected chi connectivity index (χ0v) is 23.3. The van der Waals surface area contributed by atoms with Gasteiger partial charge in [0.15, 0.2) is 0 Å². The summed E-state index contributed by atoms with van der Waals surface area (Å²) in [6.45, 7) is 2.33. The molecule has 1 atom stereocenters. The van der Waals surface area contributed by atoms with Crippen molar-refractivity contribution in [2.75, 3.05) is 26.0 Å². The maximum atomic E-state index is 13.8. The summed E-state index contributed by atoms with van der Waals surface area (Å²) in [5, 5.41) is 3.36. The number of hydrogen-bond donors (Lipinski definition) is 1. The van der Waals surface area contributed by atoms with Gasteiger partial charge in [-0.2, -0.15) is 0 Å². The summed E-state index contributed by atoms with van der Waals surface area (Å²) in [6, 6.07) is 27.1. The number of fused-ring (bicyclic) bond motifs is 1. The second-order valence-corrected chi connectivity index (χ2v) is 10.4. The fourth-order valence-electron chi connectivity index (χ4n) is 5.52. The number of rotatable bonds is 10. The average Bonchev–Trinajstić information content (AvgIpc) is 3.57. The van der Waals surface area contributed by atoms with Crippen molar-refractivity contribution < 1.29 is 9.13 Å². The van der Waals surface area contributed by atoms with Crippen LogP contribution in [-0.4, -0.2) is 45.1 Å². The molecule has 6 rings (SSSR count). The van der Waals surface area contributed by atoms with Crippen molar-refractivity contribution in [1.29, 1.82) is 0 Å². The predicted octanol–water partition coefficient (Wildman–Crippen LogP) is 6.39. The summed E-state index contributed by atoms with van der Waals surface area (Å²) >= 11 is 0. The average molecular weight is 549 g/mol. The van der Waals surface area contributed by atoms with Gasteiger partial charge in [0.25, 0.3) is 0 Å². The van der Waals surface area contributed by atoms with E-state index >= 15 is 0 Å². The van der Waals surface area contributed by atoms with Gasteiger partial charge < -0.3 is 19.5 Å². The molecule has 208 valence electrons. The molecular weight excluding hydrogens is 515 g/mol. The molecule has 1 N–H and O–H groups in total. The number of aryl methyl sites for hydroxylation is 1. The Morgan fingerprint density at radius 1 is 0.951 bits per heavy atom. The van der Waals surface area contributed by atoms with Crippen LogP contribution in [0.1, 0.15) is 29.4 Å². The molecule has 0 bridgehead atoms. The smallest absolute Gasteiger partial charge is 0.223 e. The standard InChI is InChI=1S/C33H33FN6O/c1-39(21-24-6-4-3-5-7-24)22-27-14-17-30-38-31(25-10-12-26(34)13-11-25)32(40(27)30)29-18-19-35-33(37-29)36-20-23-8-15-28(41-2)16-9-23/h3-13,15-16,18-19,27H,14,17,20-22H2,1-2H3,(H,35,36,37)/t27-/m0/s1. The lowest BCUT2D eigenvalue weighted by molar-refractivity contribution is 0.274. The molecule has 2 aromatic heterocycles. The van der Waals surface area contributed by atoms with Crippen LogP contribution in [0.3, 0.4) is 0 Å². The normalized spacial score (nSPS) is 14.3. The Morgan fingerprint density at radius 3 is 2.49 bits per heavy atom. The zero-order chi connectivity index (χ0) is 28.2. The third-order valence-electron chi connectivity index (χ3n) is 7.49. The molecule has 1 aliphatic rings. The van der Waals surface area contributed by atoms with Gasteiger partial charge in [0, 0.05) is 43.9 Å². The fourth-order valence-corrected chi connectivity index (χ4v) is 5.52. The summed E-state index contributed by atoms with van der Waals surface area (Å²) in [7, 11) is 3.82. The van der Waals surface area contributed by atoms with Gasteiger partial charge in [0.2, 0.25) is 5.95 Å². The molecule has 8 heteroatoms. The molecule has 41 heavy (non-hydrogen) atoms. The van der Waals surface area contributed by atoms with Crippen molar-refractivity contribution in [2.45, 2.75) is 32.0 Å². The summed E-state index contributed by atoms with van der Waals surface area (Å²) in [5.41, 5.74) is 5.79. The molecule has 3 aromatic carbocycles. The van der Waals surface area contributed by atoms with E-state index in [1.54, 1.807) is 25.4 Å². The van der Waals surface area contributed by atoms with Crippen molar-refractivity contribution in [2.24, 2.45) is 0 Å². The first-order valence-corrected chi connectivity index (χ1v) is 13.9. The number of ether oxygens (including phenoxy) is 1. The van der Waals surface area contributed by atoms with E-state index in [1.807, 2.05) is 36.4 Å². The summed E-state index contributed by atoms with van der Waals surface area (Å²) in [6.07, 6.45) is 3.66. The minimum atomic E-state index is -0.269. The van der Waals surface area contributed by atoms with Crippen LogP contribution in [0.2, 0.25) is 0 Å². The largest absolute Gasteiger partial charge is 0.497 e. The van der Waals surface area contributed by atoms with Crippen LogP contribution in [0.15, 0.2) is 91.1 Å². The number of benzene rings is 3. The van der Waals surface area contributed by atoms with E-state index in [-0.39, 0.29) is 11.9 Å². The van der Waals surface area contributed by atoms with Gasteiger partial charge in [-0.25, -0.2) is 19.3 Å². The van der Waals surface area contributed by atoms with Crippen LogP contribution in [0.25, 0.3) is 22.6 Å². The van der Waals surface area contributed by atoms with Crippen LogP contribution in [-0.2, 0) is 19.5 Å². The Hall–Kier alpha value is -4.56. The van der Waals surface area contributed by atoms with Crippen LogP contribution < -0.4 is 10.1 Å². The van der Waals surface area contributed by atoms with Crippen molar-refractivity contribution in [3.63, 3.8) is 0 Å². The maximum Gasteiger partial charge on any atom is 0.223 e. The molecule has 5 aromatic rings. The first kappa shape index (κ1) is 26.7. The monoisotopic (exact) mass is 548 g/mol. The van der Waals surface area contributed by atoms with Gasteiger partial charge in [-0.05, 0) is 67.1 Å². The van der Waals surface area contributed by atoms with E-state index in [1.165, 1.54) is 17.7 Å². The number of nitrogens with zero attached hydrogens (tertiary/aromatic N) is 5. The molecule has 0 fully saturated rings. The quantitative estimate of drug-likeness (QED) is 0.218. The van der Waals surface area contributed by atoms with E-state index in [4.69, 9.17) is 14.7 Å². The lowest BCUT2D eigenvalue weighted by Crippen LogP contribution is -2.26. The van der Waals surface area contributed by atoms with Crippen molar-refractivity contribution in [3.05, 3.63) is 114 Å². The summed E-state index contributed by atoms with van der Waals surface area (Å²) in [5.74, 6) is 2.12. The molecule has 3 heterocycles. The molecule has 1 aliphatic heterocycles. The second-order valence-electron chi connectivity index (χ2n) is 10.4. The Labute approximate surface area is 239 Å². The summed E-state index contributed by atoms with van der Waals surface area (Å²) in [4.78, 5) is 16.9. The highest BCUT2D eigenvalue weighted by molar-refractivity contribution is 5.78. The molecular formula is C33H33FN6O. The van der Waals surface area contributed by atoms with Crippen molar-refractivity contribution in [1.82, 2.24) is 24.4 Å². The number of halogens is 1. The molecule has 0 aliphatic carbocycles. The number of likely N-dealkylation sites (N-methyl/N-ethyl adjacent to an activating group) is 1. The van der Waals surface area contributed by atoms with Crippen molar-refractivity contribution in [3.8, 4) is 28.4 Å². The van der Waals surface area contributed by atoms with E-state index in [2.05, 4.69) is 51.1 Å². The van der Waals surface area contributed by atoms with Crippen LogP contribution in [0, 0.1) is 5.82 Å². The predicted molar refractivity (Wildman–Crippen MR) is 159 cm³/mol. The van der Waals surface area contributed by atoms with Gasteiger partial charge in [-0.3, -0.25) is 0 Å². The Kier molecular flexibility index (Phi) is 7.73. The topological polar surface area (TPSA) is 68.1 Å². The molecule has 0 amide bonds. The fraction of sp³-hybridized carbons (Fsp3) is 0.242. The van der Waals surface area contributed by atoms with Crippen LogP contribution >= 0.6 is 0 Å². The van der Waals surface area contributed by atoms with E-state index < -0.39 is 0 Å². The van der Waals surface area contributed by atoms with Crippen molar-refractivity contribution >= 4 is 5.95 Å². The van der Waals surface area contributed by atoms with Gasteiger partial charge in [-0.1, -0.05) is 42.5 Å². The molecule has 0 radical (unpaired) electrons. The SMILES string of the molecule is COc1ccc(CNc2nccc(-c3c(-c4ccc(F)cc4)nc4n3[C@H](CN(C)Cc3ccccc3)CC4)n2)cc1. The Morgan fingerprint density at radius 2 is 1.73 bits per heavy atom. The molecule has 0 unspecified atom stereocenters. The van der Waals surface area contributed by atoms with Gasteiger partial charge in [0.05, 0.1) is 24.2 Å². The Balaban J connectivity index is 1.32. The lowest BCUT2D eigenvalue weighted by atomic mass is 10.1. The minimum Gasteiger partial charge on any atom is -0.497 e. The lowest BCUT2D eigenvalue weighted by Gasteiger charge is -2.24. The van der Waals surface area contributed by atoms with Crippen LogP contribution in [0.5, 0.6) is 5.75 Å². The number of aromatic nitrogens is 4. The van der Waals surface area contributed by atoms with Gasteiger partial charge in [0.1, 0.15) is 17.4 Å². The summed E-state index contributed by atoms with van der Waals surface area (Å²) < 4.78 is 21.4. The zero-order valence-electron chi connectivity index (χ0n) is 23.3. The number of nitrogens with one attached hydrogen (secondary N) is 1. The second kappa shape index (κ2) is 11.9. The van der Waals surface area contributed by atoms with Gasteiger partial charge >= 0.3 is 0 Å². The maximum absolute atomic E-state index is 13.8.